The van der Waals surface area contributed by atoms with Crippen LogP contribution in [-0.2, 0) is 6.54 Å². The number of aromatic nitrogens is 2. The second kappa shape index (κ2) is 6.53. The van der Waals surface area contributed by atoms with Gasteiger partial charge in [-0.25, -0.2) is 14.4 Å². The first kappa shape index (κ1) is 15.0. The Labute approximate surface area is 140 Å². The zero-order valence-corrected chi connectivity index (χ0v) is 13.2. The SMILES string of the molecule is Fc1ccc([C@@H]2CCN(Cc3cnc(-c4ccco4)nc3)C2)cc1. The molecular weight excluding hydrogens is 305 g/mol. The molecule has 3 aromatic rings. The zero-order chi connectivity index (χ0) is 16.4. The van der Waals surface area contributed by atoms with Crippen LogP contribution in [0.3, 0.4) is 0 Å². The molecule has 1 saturated heterocycles. The van der Waals surface area contributed by atoms with Crippen LogP contribution in [0.2, 0.25) is 0 Å². The van der Waals surface area contributed by atoms with E-state index in [1.807, 2.05) is 36.7 Å². The van der Waals surface area contributed by atoms with Crippen LogP contribution < -0.4 is 0 Å². The Kier molecular flexibility index (Phi) is 4.09. The third-order valence-corrected chi connectivity index (χ3v) is 4.47. The number of halogens is 1. The highest BCUT2D eigenvalue weighted by Crippen LogP contribution is 2.28. The van der Waals surface area contributed by atoms with Gasteiger partial charge in [0.15, 0.2) is 11.6 Å². The summed E-state index contributed by atoms with van der Waals surface area (Å²) in [6.07, 6.45) is 6.43. The highest BCUT2D eigenvalue weighted by Gasteiger charge is 2.24. The minimum atomic E-state index is -0.178. The minimum absolute atomic E-state index is 0.178. The lowest BCUT2D eigenvalue weighted by Gasteiger charge is -2.16. The summed E-state index contributed by atoms with van der Waals surface area (Å²) in [4.78, 5) is 11.1. The molecule has 0 amide bonds. The molecular formula is C19H18FN3O. The van der Waals surface area contributed by atoms with Gasteiger partial charge in [0, 0.05) is 31.0 Å². The molecule has 0 radical (unpaired) electrons. The van der Waals surface area contributed by atoms with Crippen LogP contribution in [0.15, 0.2) is 59.5 Å². The van der Waals surface area contributed by atoms with Crippen LogP contribution in [0.25, 0.3) is 11.6 Å². The molecule has 0 saturated carbocycles. The number of benzene rings is 1. The van der Waals surface area contributed by atoms with Crippen LogP contribution >= 0.6 is 0 Å². The van der Waals surface area contributed by atoms with Crippen LogP contribution in [-0.4, -0.2) is 28.0 Å². The molecule has 0 N–H and O–H groups in total. The van der Waals surface area contributed by atoms with E-state index < -0.39 is 0 Å². The number of hydrogen-bond acceptors (Lipinski definition) is 4. The first-order valence-corrected chi connectivity index (χ1v) is 8.10. The van der Waals surface area contributed by atoms with E-state index in [1.54, 1.807) is 18.4 Å². The van der Waals surface area contributed by atoms with Crippen LogP contribution in [0.5, 0.6) is 0 Å². The monoisotopic (exact) mass is 323 g/mol. The van der Waals surface area contributed by atoms with Crippen molar-refractivity contribution in [2.24, 2.45) is 0 Å². The molecule has 5 heteroatoms. The molecule has 1 aliphatic heterocycles. The van der Waals surface area contributed by atoms with Gasteiger partial charge in [0.1, 0.15) is 5.82 Å². The summed E-state index contributed by atoms with van der Waals surface area (Å²) in [7, 11) is 0. The fourth-order valence-electron chi connectivity index (χ4n) is 3.21. The number of furan rings is 1. The molecule has 1 fully saturated rings. The van der Waals surface area contributed by atoms with Gasteiger partial charge in [0.2, 0.25) is 0 Å². The lowest BCUT2D eigenvalue weighted by atomic mass is 9.99. The minimum Gasteiger partial charge on any atom is -0.461 e. The Morgan fingerprint density at radius 2 is 1.92 bits per heavy atom. The Hall–Kier alpha value is -2.53. The summed E-state index contributed by atoms with van der Waals surface area (Å²) in [6, 6.07) is 10.5. The summed E-state index contributed by atoms with van der Waals surface area (Å²) in [5.74, 6) is 1.57. The van der Waals surface area contributed by atoms with Crippen molar-refractivity contribution < 1.29 is 8.81 Å². The summed E-state index contributed by atoms with van der Waals surface area (Å²) >= 11 is 0. The Morgan fingerprint density at radius 3 is 2.62 bits per heavy atom. The molecule has 2 aromatic heterocycles. The Morgan fingerprint density at radius 1 is 1.12 bits per heavy atom. The van der Waals surface area contributed by atoms with Gasteiger partial charge in [-0.3, -0.25) is 4.90 Å². The van der Waals surface area contributed by atoms with Gasteiger partial charge in [-0.15, -0.1) is 0 Å². The predicted molar refractivity (Wildman–Crippen MR) is 88.8 cm³/mol. The average molecular weight is 323 g/mol. The van der Waals surface area contributed by atoms with E-state index in [4.69, 9.17) is 4.42 Å². The first-order chi connectivity index (χ1) is 11.8. The third kappa shape index (κ3) is 3.21. The van der Waals surface area contributed by atoms with Crippen molar-refractivity contribution in [3.05, 3.63) is 72.0 Å². The molecule has 4 rings (SSSR count). The summed E-state index contributed by atoms with van der Waals surface area (Å²) in [5.41, 5.74) is 2.30. The molecule has 24 heavy (non-hydrogen) atoms. The van der Waals surface area contributed by atoms with E-state index in [0.29, 0.717) is 17.5 Å². The van der Waals surface area contributed by atoms with Crippen molar-refractivity contribution in [2.75, 3.05) is 13.1 Å². The van der Waals surface area contributed by atoms with Crippen molar-refractivity contribution in [1.29, 1.82) is 0 Å². The smallest absolute Gasteiger partial charge is 0.195 e. The van der Waals surface area contributed by atoms with Crippen LogP contribution in [0.1, 0.15) is 23.5 Å². The maximum absolute atomic E-state index is 13.0. The Balaban J connectivity index is 1.38. The molecule has 3 heterocycles. The highest BCUT2D eigenvalue weighted by molar-refractivity contribution is 5.45. The van der Waals surface area contributed by atoms with Crippen LogP contribution in [0, 0.1) is 5.82 Å². The molecule has 0 spiro atoms. The number of rotatable bonds is 4. The first-order valence-electron chi connectivity index (χ1n) is 8.10. The lowest BCUT2D eigenvalue weighted by molar-refractivity contribution is 0.326. The van der Waals surface area contributed by atoms with Crippen molar-refractivity contribution >= 4 is 0 Å². The topological polar surface area (TPSA) is 42.2 Å². The van der Waals surface area contributed by atoms with Gasteiger partial charge >= 0.3 is 0 Å². The molecule has 0 unspecified atom stereocenters. The number of likely N-dealkylation sites (tertiary alicyclic amines) is 1. The van der Waals surface area contributed by atoms with Crippen molar-refractivity contribution in [2.45, 2.75) is 18.9 Å². The van der Waals surface area contributed by atoms with Gasteiger partial charge in [-0.05, 0) is 48.7 Å². The predicted octanol–water partition coefficient (Wildman–Crippen LogP) is 3.87. The largest absolute Gasteiger partial charge is 0.461 e. The third-order valence-electron chi connectivity index (χ3n) is 4.47. The normalized spacial score (nSPS) is 18.1. The lowest BCUT2D eigenvalue weighted by Crippen LogP contribution is -2.20. The molecule has 1 aliphatic rings. The zero-order valence-electron chi connectivity index (χ0n) is 13.2. The van der Waals surface area contributed by atoms with E-state index in [2.05, 4.69) is 14.9 Å². The van der Waals surface area contributed by atoms with Crippen LogP contribution in [0.4, 0.5) is 4.39 Å². The van der Waals surface area contributed by atoms with Crippen molar-refractivity contribution in [1.82, 2.24) is 14.9 Å². The summed E-state index contributed by atoms with van der Waals surface area (Å²) in [6.45, 7) is 2.84. The highest BCUT2D eigenvalue weighted by atomic mass is 19.1. The average Bonchev–Trinajstić information content (AvgIpc) is 3.28. The molecule has 4 nitrogen and oxygen atoms in total. The Bertz CT molecular complexity index is 784. The standard InChI is InChI=1S/C19H18FN3O/c20-17-5-3-15(4-6-17)16-7-8-23(13-16)12-14-10-21-19(22-11-14)18-2-1-9-24-18/h1-6,9-11,16H,7-8,12-13H2/t16-/m1/s1. The van der Waals surface area contributed by atoms with Gasteiger partial charge in [-0.1, -0.05) is 12.1 Å². The summed E-state index contributed by atoms with van der Waals surface area (Å²) < 4.78 is 18.3. The molecule has 0 aliphatic carbocycles. The fourth-order valence-corrected chi connectivity index (χ4v) is 3.21. The van der Waals surface area contributed by atoms with E-state index >= 15 is 0 Å². The van der Waals surface area contributed by atoms with E-state index in [0.717, 1.165) is 31.6 Å². The molecule has 0 bridgehead atoms. The van der Waals surface area contributed by atoms with Crippen molar-refractivity contribution in [3.63, 3.8) is 0 Å². The molecule has 1 atom stereocenters. The number of hydrogen-bond donors (Lipinski definition) is 0. The van der Waals surface area contributed by atoms with Gasteiger partial charge in [-0.2, -0.15) is 0 Å². The molecule has 1 aromatic carbocycles. The maximum atomic E-state index is 13.0. The quantitative estimate of drug-likeness (QED) is 0.731. The van der Waals surface area contributed by atoms with Gasteiger partial charge in [0.25, 0.3) is 0 Å². The van der Waals surface area contributed by atoms with E-state index in [1.165, 1.54) is 5.56 Å². The maximum Gasteiger partial charge on any atom is 0.195 e. The summed E-state index contributed by atoms with van der Waals surface area (Å²) in [5, 5.41) is 0. The van der Waals surface area contributed by atoms with E-state index in [-0.39, 0.29) is 5.82 Å². The molecule has 122 valence electrons. The second-order valence-electron chi connectivity index (χ2n) is 6.16. The number of nitrogens with zero attached hydrogens (tertiary/aromatic N) is 3. The fraction of sp³-hybridized carbons (Fsp3) is 0.263. The van der Waals surface area contributed by atoms with Gasteiger partial charge < -0.3 is 4.42 Å². The van der Waals surface area contributed by atoms with E-state index in [9.17, 15) is 4.39 Å². The van der Waals surface area contributed by atoms with Crippen molar-refractivity contribution in [3.8, 4) is 11.6 Å². The van der Waals surface area contributed by atoms with Gasteiger partial charge in [0.05, 0.1) is 6.26 Å². The second-order valence-corrected chi connectivity index (χ2v) is 6.16.